The van der Waals surface area contributed by atoms with Gasteiger partial charge < -0.3 is 20.3 Å². The van der Waals surface area contributed by atoms with Crippen molar-refractivity contribution < 1.29 is 29.3 Å². The van der Waals surface area contributed by atoms with Crippen LogP contribution in [0.4, 0.5) is 0 Å². The zero-order valence-corrected chi connectivity index (χ0v) is 27.9. The Morgan fingerprint density at radius 1 is 1.09 bits per heavy atom. The summed E-state index contributed by atoms with van der Waals surface area (Å²) in [5, 5.41) is 25.8. The minimum atomic E-state index is -0.971. The number of aliphatic carboxylic acids is 1. The maximum Gasteiger partial charge on any atom is 0.331 e. The van der Waals surface area contributed by atoms with E-state index < -0.39 is 24.1 Å². The first-order chi connectivity index (χ1) is 21.1. The number of esters is 1. The minimum absolute atomic E-state index is 0.000647. The zero-order valence-electron chi connectivity index (χ0n) is 27.9. The van der Waals surface area contributed by atoms with Gasteiger partial charge in [-0.2, -0.15) is 0 Å². The summed E-state index contributed by atoms with van der Waals surface area (Å²) in [5.74, 6) is -1.31. The summed E-state index contributed by atoms with van der Waals surface area (Å²) in [4.78, 5) is 46.3. The van der Waals surface area contributed by atoms with E-state index in [0.717, 1.165) is 31.3 Å². The van der Waals surface area contributed by atoms with Gasteiger partial charge in [0.15, 0.2) is 0 Å². The molecule has 0 saturated heterocycles. The maximum absolute atomic E-state index is 13.0. The predicted octanol–water partition coefficient (Wildman–Crippen LogP) is 5.89. The number of nitrogens with one attached hydrogen (secondary N) is 1. The molecule has 1 aromatic heterocycles. The van der Waals surface area contributed by atoms with E-state index in [2.05, 4.69) is 43.0 Å². The number of allylic oxidation sites excluding steroid dienone is 2. The van der Waals surface area contributed by atoms with E-state index in [4.69, 9.17) is 4.74 Å². The molecular weight excluding hydrogens is 570 g/mol. The van der Waals surface area contributed by atoms with E-state index in [9.17, 15) is 24.6 Å². The lowest BCUT2D eigenvalue weighted by molar-refractivity contribution is -0.227. The zero-order chi connectivity index (χ0) is 32.9. The third kappa shape index (κ3) is 5.63. The first kappa shape index (κ1) is 33.3. The minimum Gasteiger partial charge on any atom is -0.478 e. The number of ether oxygens (including phenoxy) is 1. The van der Waals surface area contributed by atoms with Crippen molar-refractivity contribution in [3.8, 4) is 0 Å². The number of aliphatic hydroxyl groups excluding tert-OH is 1. The van der Waals surface area contributed by atoms with Crippen molar-refractivity contribution in [1.82, 2.24) is 15.3 Å². The molecule has 9 nitrogen and oxygen atoms in total. The molecule has 0 radical (unpaired) electrons. The van der Waals surface area contributed by atoms with Gasteiger partial charge in [0.05, 0.1) is 12.3 Å². The van der Waals surface area contributed by atoms with Crippen LogP contribution in [0.2, 0.25) is 0 Å². The van der Waals surface area contributed by atoms with Gasteiger partial charge in [-0.3, -0.25) is 14.6 Å². The fourth-order valence-corrected chi connectivity index (χ4v) is 10.7. The van der Waals surface area contributed by atoms with Gasteiger partial charge in [0.2, 0.25) is 0 Å². The normalized spacial score (nSPS) is 39.9. The van der Waals surface area contributed by atoms with Crippen LogP contribution in [-0.4, -0.2) is 56.3 Å². The van der Waals surface area contributed by atoms with Gasteiger partial charge in [0, 0.05) is 30.9 Å². The first-order valence-corrected chi connectivity index (χ1v) is 16.7. The van der Waals surface area contributed by atoms with Gasteiger partial charge in [-0.15, -0.1) is 0 Å². The molecular formula is C36H51N3O6. The summed E-state index contributed by atoms with van der Waals surface area (Å²) in [6, 6.07) is -0.000647. The SMILES string of the molecule is CC(=O)O[C@H]1C[C@@]2(C)[C@@H](C[C@@H](O)[C@H]3[C@@]4(C)CC[C@H](NC(=O)c5cnccn5)[C@@H](C)[C@@H]4CC[C@@]32C)/C1=C(\CCC=C(C)C)C(=O)O. The Labute approximate surface area is 267 Å². The third-order valence-electron chi connectivity index (χ3n) is 12.7. The van der Waals surface area contributed by atoms with Gasteiger partial charge >= 0.3 is 11.9 Å². The number of rotatable bonds is 7. The number of carbonyl (C=O) groups excluding carboxylic acids is 2. The van der Waals surface area contributed by atoms with Crippen LogP contribution in [0.5, 0.6) is 0 Å². The van der Waals surface area contributed by atoms with E-state index in [1.165, 1.54) is 19.3 Å². The van der Waals surface area contributed by atoms with Crippen LogP contribution >= 0.6 is 0 Å². The molecule has 4 saturated carbocycles. The molecule has 10 atom stereocenters. The molecule has 246 valence electrons. The van der Waals surface area contributed by atoms with Crippen molar-refractivity contribution in [1.29, 1.82) is 0 Å². The van der Waals surface area contributed by atoms with Crippen LogP contribution in [0.1, 0.15) is 110 Å². The van der Waals surface area contributed by atoms with Crippen molar-refractivity contribution in [2.45, 2.75) is 118 Å². The number of fused-ring (bicyclic) bond motifs is 5. The monoisotopic (exact) mass is 621 g/mol. The lowest BCUT2D eigenvalue weighted by atomic mass is 9.36. The number of hydrogen-bond donors (Lipinski definition) is 3. The van der Waals surface area contributed by atoms with Crippen molar-refractivity contribution in [3.05, 3.63) is 47.1 Å². The van der Waals surface area contributed by atoms with Crippen molar-refractivity contribution in [2.75, 3.05) is 0 Å². The molecule has 4 fully saturated rings. The molecule has 45 heavy (non-hydrogen) atoms. The van der Waals surface area contributed by atoms with Crippen LogP contribution in [-0.2, 0) is 14.3 Å². The Hall–Kier alpha value is -3.07. The second kappa shape index (κ2) is 12.3. The van der Waals surface area contributed by atoms with Crippen LogP contribution < -0.4 is 5.32 Å². The lowest BCUT2D eigenvalue weighted by Crippen LogP contribution is -2.66. The molecule has 1 heterocycles. The molecule has 0 unspecified atom stereocenters. The Morgan fingerprint density at radius 3 is 2.44 bits per heavy atom. The van der Waals surface area contributed by atoms with Gasteiger partial charge in [0.25, 0.3) is 5.91 Å². The van der Waals surface area contributed by atoms with Gasteiger partial charge in [-0.1, -0.05) is 39.3 Å². The fraction of sp³-hybridized carbons (Fsp3) is 0.694. The second-order valence-electron chi connectivity index (χ2n) is 15.2. The van der Waals surface area contributed by atoms with Gasteiger partial charge in [-0.05, 0) is 111 Å². The number of aromatic nitrogens is 2. The van der Waals surface area contributed by atoms with Crippen molar-refractivity contribution in [2.24, 2.45) is 39.9 Å². The molecule has 0 aromatic carbocycles. The maximum atomic E-state index is 13.0. The molecule has 1 amide bonds. The molecule has 3 N–H and O–H groups in total. The highest BCUT2D eigenvalue weighted by atomic mass is 16.5. The fourth-order valence-electron chi connectivity index (χ4n) is 10.7. The van der Waals surface area contributed by atoms with E-state index in [1.54, 1.807) is 6.20 Å². The van der Waals surface area contributed by atoms with E-state index in [0.29, 0.717) is 48.4 Å². The summed E-state index contributed by atoms with van der Waals surface area (Å²) in [6.45, 7) is 14.5. The van der Waals surface area contributed by atoms with Crippen LogP contribution in [0, 0.1) is 39.9 Å². The summed E-state index contributed by atoms with van der Waals surface area (Å²) >= 11 is 0. The second-order valence-corrected chi connectivity index (χ2v) is 15.2. The van der Waals surface area contributed by atoms with Gasteiger partial charge in [0.1, 0.15) is 11.8 Å². The lowest BCUT2D eigenvalue weighted by Gasteiger charge is -2.69. The summed E-state index contributed by atoms with van der Waals surface area (Å²) in [6.07, 6.45) is 10.8. The molecule has 9 heteroatoms. The number of nitrogens with zero attached hydrogens (tertiary/aromatic N) is 2. The number of carboxylic acids is 1. The number of hydrogen-bond acceptors (Lipinski definition) is 7. The van der Waals surface area contributed by atoms with E-state index >= 15 is 0 Å². The molecule has 1 aromatic rings. The number of carboxylic acid groups (broad SMARTS) is 1. The highest BCUT2D eigenvalue weighted by Gasteiger charge is 2.71. The highest BCUT2D eigenvalue weighted by molar-refractivity contribution is 5.92. The predicted molar refractivity (Wildman–Crippen MR) is 170 cm³/mol. The molecule has 0 aliphatic heterocycles. The van der Waals surface area contributed by atoms with Crippen molar-refractivity contribution >= 4 is 17.8 Å². The smallest absolute Gasteiger partial charge is 0.331 e. The number of carbonyl (C=O) groups is 3. The summed E-state index contributed by atoms with van der Waals surface area (Å²) in [5.41, 5.74) is 1.63. The molecule has 4 aliphatic rings. The van der Waals surface area contributed by atoms with E-state index in [-0.39, 0.29) is 45.9 Å². The topological polar surface area (TPSA) is 139 Å². The number of aliphatic hydroxyl groups is 1. The standard InChI is InChI=1S/C36H51N3O6/c1-20(2)9-8-10-23(33(43)44)30-25-17-28(41)31-34(5)13-12-26(39-32(42)27-19-37-15-16-38-27)21(3)24(34)11-14-35(31,6)36(25,7)18-29(30)45-22(4)40/h9,15-16,19,21,24-26,28-29,31,41H,8,10-14,17-18H2,1-7H3,(H,39,42)(H,43,44)/b30-23-/t21-,24-,25-,26-,28+,29-,31-,34-,35-,36-/m0/s1. The van der Waals surface area contributed by atoms with E-state index in [1.807, 2.05) is 19.9 Å². The molecule has 4 aliphatic carbocycles. The van der Waals surface area contributed by atoms with Crippen LogP contribution in [0.15, 0.2) is 41.4 Å². The quantitative estimate of drug-likeness (QED) is 0.195. The first-order valence-electron chi connectivity index (χ1n) is 16.7. The molecule has 0 spiro atoms. The third-order valence-corrected chi connectivity index (χ3v) is 12.7. The van der Waals surface area contributed by atoms with Crippen molar-refractivity contribution in [3.63, 3.8) is 0 Å². The largest absolute Gasteiger partial charge is 0.478 e. The van der Waals surface area contributed by atoms with Crippen LogP contribution in [0.25, 0.3) is 0 Å². The number of amides is 1. The Kier molecular flexibility index (Phi) is 9.08. The summed E-state index contributed by atoms with van der Waals surface area (Å²) < 4.78 is 5.93. The highest BCUT2D eigenvalue weighted by Crippen LogP contribution is 2.74. The average Bonchev–Trinajstić information content (AvgIpc) is 3.23. The van der Waals surface area contributed by atoms with Crippen LogP contribution in [0.3, 0.4) is 0 Å². The Bertz CT molecular complexity index is 1390. The Morgan fingerprint density at radius 2 is 1.82 bits per heavy atom. The van der Waals surface area contributed by atoms with Gasteiger partial charge in [-0.25, -0.2) is 9.78 Å². The molecule has 0 bridgehead atoms. The Balaban J connectivity index is 1.48. The summed E-state index contributed by atoms with van der Waals surface area (Å²) in [7, 11) is 0. The average molecular weight is 622 g/mol. The molecule has 5 rings (SSSR count).